The zero-order chi connectivity index (χ0) is 13.7. The van der Waals surface area contributed by atoms with Crippen molar-refractivity contribution >= 4 is 33.9 Å². The Hall–Kier alpha value is -0.400. The van der Waals surface area contributed by atoms with Crippen molar-refractivity contribution in [2.75, 3.05) is 6.54 Å². The minimum absolute atomic E-state index is 0.258. The first-order chi connectivity index (χ1) is 9.26. The molecule has 1 unspecified atom stereocenters. The van der Waals surface area contributed by atoms with Crippen molar-refractivity contribution < 1.29 is 0 Å². The van der Waals surface area contributed by atoms with E-state index in [4.69, 9.17) is 0 Å². The normalized spacial score (nSPS) is 12.8. The molecule has 0 aliphatic rings. The second-order valence-electron chi connectivity index (χ2n) is 4.55. The molecule has 2 heterocycles. The third-order valence-electron chi connectivity index (χ3n) is 3.00. The van der Waals surface area contributed by atoms with Crippen molar-refractivity contribution in [1.29, 1.82) is 0 Å². The molecule has 104 valence electrons. The number of rotatable bonds is 7. The summed E-state index contributed by atoms with van der Waals surface area (Å²) in [5.41, 5.74) is 2.62. The topological polar surface area (TPSA) is 29.9 Å². The van der Waals surface area contributed by atoms with Crippen LogP contribution in [0.3, 0.4) is 0 Å². The van der Waals surface area contributed by atoms with Gasteiger partial charge in [0.05, 0.1) is 14.6 Å². The van der Waals surface area contributed by atoms with Gasteiger partial charge in [0.2, 0.25) is 0 Å². The number of aryl methyl sites for hydroxylation is 1. The lowest BCUT2D eigenvalue weighted by molar-refractivity contribution is 0.512. The summed E-state index contributed by atoms with van der Waals surface area (Å²) in [4.78, 5) is 0. The summed E-state index contributed by atoms with van der Waals surface area (Å²) in [6, 6.07) is 4.66. The van der Waals surface area contributed by atoms with Crippen molar-refractivity contribution in [3.8, 4) is 0 Å². The van der Waals surface area contributed by atoms with E-state index in [-0.39, 0.29) is 6.04 Å². The second-order valence-corrected chi connectivity index (χ2v) is 7.36. The zero-order valence-corrected chi connectivity index (χ0v) is 14.4. The van der Waals surface area contributed by atoms with E-state index < -0.39 is 0 Å². The van der Waals surface area contributed by atoms with Crippen LogP contribution in [-0.4, -0.2) is 16.3 Å². The molecule has 0 saturated heterocycles. The maximum absolute atomic E-state index is 4.45. The van der Waals surface area contributed by atoms with E-state index in [2.05, 4.69) is 69.0 Å². The van der Waals surface area contributed by atoms with E-state index in [9.17, 15) is 0 Å². The molecule has 0 aromatic carbocycles. The van der Waals surface area contributed by atoms with Gasteiger partial charge in [0.25, 0.3) is 0 Å². The first kappa shape index (κ1) is 15.0. The van der Waals surface area contributed by atoms with Crippen LogP contribution in [0.1, 0.15) is 44.0 Å². The fourth-order valence-corrected chi connectivity index (χ4v) is 3.54. The van der Waals surface area contributed by atoms with Crippen molar-refractivity contribution in [3.05, 3.63) is 37.9 Å². The predicted molar refractivity (Wildman–Crippen MR) is 89.7 cm³/mol. The van der Waals surface area contributed by atoms with Gasteiger partial charge in [0.1, 0.15) is 0 Å². The van der Waals surface area contributed by atoms with Gasteiger partial charge < -0.3 is 5.32 Å². The van der Waals surface area contributed by atoms with Crippen molar-refractivity contribution in [2.45, 2.75) is 39.3 Å². The number of halogens is 1. The fraction of sp³-hybridized carbons (Fsp3) is 0.500. The van der Waals surface area contributed by atoms with Gasteiger partial charge in [-0.3, -0.25) is 4.68 Å². The van der Waals surface area contributed by atoms with Crippen molar-refractivity contribution in [1.82, 2.24) is 15.1 Å². The molecule has 0 aliphatic heterocycles. The van der Waals surface area contributed by atoms with E-state index in [1.54, 1.807) is 11.3 Å². The molecule has 1 atom stereocenters. The van der Waals surface area contributed by atoms with Crippen LogP contribution in [0.5, 0.6) is 0 Å². The molecule has 0 aliphatic carbocycles. The highest BCUT2D eigenvalue weighted by molar-refractivity contribution is 14.1. The average molecular weight is 389 g/mol. The Morgan fingerprint density at radius 2 is 2.26 bits per heavy atom. The van der Waals surface area contributed by atoms with Gasteiger partial charge in [0.15, 0.2) is 0 Å². The summed E-state index contributed by atoms with van der Waals surface area (Å²) >= 11 is 4.18. The standard InChI is InChI=1S/C14H20IN3S/c1-3-6-16-14(11-9-13(15)19-10-11)12-5-7-17-18(12)8-4-2/h5,7,9-10,14,16H,3-4,6,8H2,1-2H3. The van der Waals surface area contributed by atoms with Gasteiger partial charge in [0, 0.05) is 12.7 Å². The Kier molecular flexibility index (Phi) is 5.84. The molecular weight excluding hydrogens is 369 g/mol. The summed E-state index contributed by atoms with van der Waals surface area (Å²) in [6.45, 7) is 6.39. The highest BCUT2D eigenvalue weighted by Gasteiger charge is 2.18. The minimum atomic E-state index is 0.258. The number of aromatic nitrogens is 2. The number of nitrogens with zero attached hydrogens (tertiary/aromatic N) is 2. The Morgan fingerprint density at radius 1 is 1.42 bits per heavy atom. The highest BCUT2D eigenvalue weighted by atomic mass is 127. The number of nitrogens with one attached hydrogen (secondary N) is 1. The predicted octanol–water partition coefficient (Wildman–Crippen LogP) is 4.05. The third kappa shape index (κ3) is 3.79. The Balaban J connectivity index is 2.28. The number of hydrogen-bond acceptors (Lipinski definition) is 3. The molecule has 0 amide bonds. The largest absolute Gasteiger partial charge is 0.305 e. The molecule has 2 rings (SSSR count). The summed E-state index contributed by atoms with van der Waals surface area (Å²) in [7, 11) is 0. The molecule has 0 spiro atoms. The molecule has 5 heteroatoms. The molecule has 0 saturated carbocycles. The number of thiophene rings is 1. The van der Waals surface area contributed by atoms with E-state index in [1.807, 2.05) is 6.20 Å². The van der Waals surface area contributed by atoms with Crippen LogP contribution in [0.25, 0.3) is 0 Å². The average Bonchev–Trinajstić information content (AvgIpc) is 3.01. The second kappa shape index (κ2) is 7.40. The lowest BCUT2D eigenvalue weighted by atomic mass is 10.1. The van der Waals surface area contributed by atoms with Crippen LogP contribution in [0.2, 0.25) is 0 Å². The summed E-state index contributed by atoms with van der Waals surface area (Å²) in [6.07, 6.45) is 4.15. The van der Waals surface area contributed by atoms with E-state index in [0.717, 1.165) is 25.9 Å². The van der Waals surface area contributed by atoms with Gasteiger partial charge >= 0.3 is 0 Å². The van der Waals surface area contributed by atoms with Crippen molar-refractivity contribution in [3.63, 3.8) is 0 Å². The van der Waals surface area contributed by atoms with Crippen LogP contribution >= 0.6 is 33.9 Å². The quantitative estimate of drug-likeness (QED) is 0.725. The Morgan fingerprint density at radius 3 is 2.89 bits per heavy atom. The van der Waals surface area contributed by atoms with E-state index in [1.165, 1.54) is 14.1 Å². The molecule has 19 heavy (non-hydrogen) atoms. The van der Waals surface area contributed by atoms with Gasteiger partial charge in [-0.1, -0.05) is 13.8 Å². The monoisotopic (exact) mass is 389 g/mol. The first-order valence-corrected chi connectivity index (χ1v) is 8.71. The SMILES string of the molecule is CCCNC(c1csc(I)c1)c1ccnn1CCC. The lowest BCUT2D eigenvalue weighted by Gasteiger charge is -2.19. The van der Waals surface area contributed by atoms with E-state index >= 15 is 0 Å². The Bertz CT molecular complexity index is 506. The van der Waals surface area contributed by atoms with Crippen LogP contribution in [0.4, 0.5) is 0 Å². The lowest BCUT2D eigenvalue weighted by Crippen LogP contribution is -2.25. The summed E-state index contributed by atoms with van der Waals surface area (Å²) < 4.78 is 3.45. The molecule has 2 aromatic rings. The fourth-order valence-electron chi connectivity index (χ4n) is 2.14. The summed E-state index contributed by atoms with van der Waals surface area (Å²) in [5.74, 6) is 0. The van der Waals surface area contributed by atoms with Gasteiger partial charge in [-0.05, 0) is 65.1 Å². The van der Waals surface area contributed by atoms with Gasteiger partial charge in [-0.25, -0.2) is 0 Å². The molecule has 0 bridgehead atoms. The molecule has 1 N–H and O–H groups in total. The maximum atomic E-state index is 4.45. The summed E-state index contributed by atoms with van der Waals surface area (Å²) in [5, 5.41) is 10.3. The zero-order valence-electron chi connectivity index (χ0n) is 11.4. The maximum Gasteiger partial charge on any atom is 0.0756 e. The van der Waals surface area contributed by atoms with E-state index in [0.29, 0.717) is 0 Å². The molecule has 2 aromatic heterocycles. The van der Waals surface area contributed by atoms with Gasteiger partial charge in [-0.15, -0.1) is 11.3 Å². The van der Waals surface area contributed by atoms with Crippen LogP contribution in [-0.2, 0) is 6.54 Å². The third-order valence-corrected chi connectivity index (χ3v) is 4.81. The molecular formula is C14H20IN3S. The Labute approximate surface area is 132 Å². The van der Waals surface area contributed by atoms with Gasteiger partial charge in [-0.2, -0.15) is 5.10 Å². The highest BCUT2D eigenvalue weighted by Crippen LogP contribution is 2.27. The van der Waals surface area contributed by atoms with Crippen LogP contribution in [0, 0.1) is 2.88 Å². The van der Waals surface area contributed by atoms with Crippen molar-refractivity contribution in [2.24, 2.45) is 0 Å². The molecule has 0 radical (unpaired) electrons. The molecule has 0 fully saturated rings. The smallest absolute Gasteiger partial charge is 0.0756 e. The minimum Gasteiger partial charge on any atom is -0.305 e. The van der Waals surface area contributed by atoms with Crippen LogP contribution < -0.4 is 5.32 Å². The number of hydrogen-bond donors (Lipinski definition) is 1. The first-order valence-electron chi connectivity index (χ1n) is 6.75. The van der Waals surface area contributed by atoms with Crippen LogP contribution in [0.15, 0.2) is 23.7 Å². The molecule has 3 nitrogen and oxygen atoms in total.